The molecule has 0 amide bonds. The summed E-state index contributed by atoms with van der Waals surface area (Å²) in [4.78, 5) is 0. The van der Waals surface area contributed by atoms with E-state index < -0.39 is 6.17 Å². The second kappa shape index (κ2) is 5.10. The van der Waals surface area contributed by atoms with Gasteiger partial charge < -0.3 is 16.6 Å². The Labute approximate surface area is 101 Å². The van der Waals surface area contributed by atoms with E-state index >= 15 is 0 Å². The molecule has 5 N–H and O–H groups in total. The van der Waals surface area contributed by atoms with Gasteiger partial charge in [0.25, 0.3) is 0 Å². The number of aliphatic hydroxyl groups excluding tert-OH is 1. The fourth-order valence-corrected chi connectivity index (χ4v) is 1.84. The third-order valence-electron chi connectivity index (χ3n) is 2.77. The van der Waals surface area contributed by atoms with Crippen molar-refractivity contribution in [2.24, 2.45) is 11.5 Å². The molecule has 0 saturated carbocycles. The van der Waals surface area contributed by atoms with E-state index in [1.165, 1.54) is 0 Å². The minimum absolute atomic E-state index is 0.0539. The Kier molecular flexibility index (Phi) is 3.54. The lowest BCUT2D eigenvalue weighted by atomic mass is 9.97. The number of hydrogen-bond acceptors (Lipinski definition) is 3. The lowest BCUT2D eigenvalue weighted by molar-refractivity contribution is 0.282. The Morgan fingerprint density at radius 3 is 2.18 bits per heavy atom. The first-order chi connectivity index (χ1) is 8.22. The Morgan fingerprint density at radius 2 is 1.59 bits per heavy atom. The second-order valence-electron chi connectivity index (χ2n) is 3.97. The number of hydrogen-bond donors (Lipinski definition) is 3. The van der Waals surface area contributed by atoms with Crippen LogP contribution in [0.15, 0.2) is 48.5 Å². The number of nitrogens with two attached hydrogens (primary N) is 2. The van der Waals surface area contributed by atoms with Crippen molar-refractivity contribution in [1.82, 2.24) is 0 Å². The quantitative estimate of drug-likeness (QED) is 0.701. The molecule has 2 rings (SSSR count). The van der Waals surface area contributed by atoms with E-state index in [4.69, 9.17) is 16.6 Å². The van der Waals surface area contributed by atoms with Crippen molar-refractivity contribution in [3.05, 3.63) is 59.7 Å². The van der Waals surface area contributed by atoms with Crippen molar-refractivity contribution in [2.45, 2.75) is 12.8 Å². The largest absolute Gasteiger partial charge is 0.392 e. The van der Waals surface area contributed by atoms with Crippen LogP contribution in [-0.4, -0.2) is 5.11 Å². The highest BCUT2D eigenvalue weighted by atomic mass is 16.3. The van der Waals surface area contributed by atoms with Crippen molar-refractivity contribution in [3.8, 4) is 11.1 Å². The number of aliphatic hydroxyl groups is 1. The zero-order valence-corrected chi connectivity index (χ0v) is 9.51. The van der Waals surface area contributed by atoms with Gasteiger partial charge in [0.05, 0.1) is 12.8 Å². The zero-order chi connectivity index (χ0) is 12.3. The van der Waals surface area contributed by atoms with Crippen LogP contribution >= 0.6 is 0 Å². The van der Waals surface area contributed by atoms with Crippen LogP contribution < -0.4 is 11.5 Å². The highest BCUT2D eigenvalue weighted by Gasteiger charge is 2.07. The summed E-state index contributed by atoms with van der Waals surface area (Å²) < 4.78 is 0. The summed E-state index contributed by atoms with van der Waals surface area (Å²) in [7, 11) is 0. The van der Waals surface area contributed by atoms with E-state index in [1.54, 1.807) is 0 Å². The van der Waals surface area contributed by atoms with Crippen LogP contribution in [-0.2, 0) is 6.61 Å². The summed E-state index contributed by atoms with van der Waals surface area (Å²) in [6.45, 7) is 0.0539. The first-order valence-corrected chi connectivity index (χ1v) is 5.52. The standard InChI is InChI=1S/C14H16N2O/c15-14(16)13-4-2-1-3-12(13)11-7-5-10(9-17)6-8-11/h1-8,14,17H,9,15-16H2. The molecule has 0 atom stereocenters. The second-order valence-corrected chi connectivity index (χ2v) is 3.97. The van der Waals surface area contributed by atoms with Crippen LogP contribution in [0, 0.1) is 0 Å². The molecule has 0 spiro atoms. The van der Waals surface area contributed by atoms with Gasteiger partial charge in [-0.25, -0.2) is 0 Å². The van der Waals surface area contributed by atoms with Gasteiger partial charge in [-0.15, -0.1) is 0 Å². The van der Waals surface area contributed by atoms with Crippen molar-refractivity contribution in [3.63, 3.8) is 0 Å². The summed E-state index contributed by atoms with van der Waals surface area (Å²) in [6.07, 6.45) is -0.483. The lowest BCUT2D eigenvalue weighted by Crippen LogP contribution is -2.20. The summed E-state index contributed by atoms with van der Waals surface area (Å²) in [5.74, 6) is 0. The number of benzene rings is 2. The molecule has 0 heterocycles. The molecule has 0 bridgehead atoms. The average molecular weight is 228 g/mol. The Hall–Kier alpha value is -1.68. The third kappa shape index (κ3) is 2.53. The van der Waals surface area contributed by atoms with Gasteiger partial charge in [0.1, 0.15) is 0 Å². The molecular formula is C14H16N2O. The van der Waals surface area contributed by atoms with Gasteiger partial charge in [0, 0.05) is 0 Å². The van der Waals surface area contributed by atoms with E-state index in [2.05, 4.69) is 0 Å². The molecule has 88 valence electrons. The molecule has 0 aliphatic heterocycles. The molecule has 2 aromatic rings. The molecule has 2 aromatic carbocycles. The topological polar surface area (TPSA) is 72.3 Å². The maximum Gasteiger partial charge on any atom is 0.0790 e. The SMILES string of the molecule is NC(N)c1ccccc1-c1ccc(CO)cc1. The number of rotatable bonds is 3. The molecular weight excluding hydrogens is 212 g/mol. The highest BCUT2D eigenvalue weighted by Crippen LogP contribution is 2.25. The smallest absolute Gasteiger partial charge is 0.0790 e. The molecule has 0 radical (unpaired) electrons. The van der Waals surface area contributed by atoms with Gasteiger partial charge >= 0.3 is 0 Å². The van der Waals surface area contributed by atoms with Crippen molar-refractivity contribution >= 4 is 0 Å². The Balaban J connectivity index is 2.45. The normalized spacial score (nSPS) is 10.8. The van der Waals surface area contributed by atoms with Gasteiger partial charge in [-0.2, -0.15) is 0 Å². The highest BCUT2D eigenvalue weighted by molar-refractivity contribution is 5.68. The van der Waals surface area contributed by atoms with Crippen LogP contribution in [0.3, 0.4) is 0 Å². The molecule has 0 unspecified atom stereocenters. The van der Waals surface area contributed by atoms with Crippen LogP contribution in [0.25, 0.3) is 11.1 Å². The molecule has 0 aliphatic carbocycles. The van der Waals surface area contributed by atoms with Crippen molar-refractivity contribution in [2.75, 3.05) is 0 Å². The lowest BCUT2D eigenvalue weighted by Gasteiger charge is -2.12. The first-order valence-electron chi connectivity index (χ1n) is 5.52. The van der Waals surface area contributed by atoms with E-state index in [9.17, 15) is 0 Å². The molecule has 0 aromatic heterocycles. The molecule has 17 heavy (non-hydrogen) atoms. The predicted molar refractivity (Wildman–Crippen MR) is 68.9 cm³/mol. The van der Waals surface area contributed by atoms with E-state index in [1.807, 2.05) is 48.5 Å². The fourth-order valence-electron chi connectivity index (χ4n) is 1.84. The minimum Gasteiger partial charge on any atom is -0.392 e. The minimum atomic E-state index is -0.483. The monoisotopic (exact) mass is 228 g/mol. The fraction of sp³-hybridized carbons (Fsp3) is 0.143. The molecule has 0 saturated heterocycles. The van der Waals surface area contributed by atoms with Crippen LogP contribution in [0.1, 0.15) is 17.3 Å². The first kappa shape index (κ1) is 11.8. The molecule has 3 heteroatoms. The van der Waals surface area contributed by atoms with Gasteiger partial charge in [0.15, 0.2) is 0 Å². The van der Waals surface area contributed by atoms with Gasteiger partial charge in [-0.1, -0.05) is 48.5 Å². The molecule has 0 aliphatic rings. The maximum absolute atomic E-state index is 9.00. The van der Waals surface area contributed by atoms with Crippen LogP contribution in [0.5, 0.6) is 0 Å². The average Bonchev–Trinajstić information content (AvgIpc) is 2.39. The zero-order valence-electron chi connectivity index (χ0n) is 9.51. The van der Waals surface area contributed by atoms with Crippen molar-refractivity contribution < 1.29 is 5.11 Å². The predicted octanol–water partition coefficient (Wildman–Crippen LogP) is 1.76. The van der Waals surface area contributed by atoms with Crippen LogP contribution in [0.2, 0.25) is 0 Å². The van der Waals surface area contributed by atoms with Crippen molar-refractivity contribution in [1.29, 1.82) is 0 Å². The Morgan fingerprint density at radius 1 is 0.941 bits per heavy atom. The van der Waals surface area contributed by atoms with Gasteiger partial charge in [0.2, 0.25) is 0 Å². The molecule has 3 nitrogen and oxygen atoms in total. The third-order valence-corrected chi connectivity index (χ3v) is 2.77. The van der Waals surface area contributed by atoms with Gasteiger partial charge in [-0.3, -0.25) is 0 Å². The summed E-state index contributed by atoms with van der Waals surface area (Å²) in [6, 6.07) is 15.5. The summed E-state index contributed by atoms with van der Waals surface area (Å²) in [5, 5.41) is 9.00. The summed E-state index contributed by atoms with van der Waals surface area (Å²) in [5.41, 5.74) is 15.4. The van der Waals surface area contributed by atoms with E-state index in [-0.39, 0.29) is 6.61 Å². The van der Waals surface area contributed by atoms with E-state index in [0.29, 0.717) is 0 Å². The van der Waals surface area contributed by atoms with Gasteiger partial charge in [-0.05, 0) is 22.3 Å². The maximum atomic E-state index is 9.00. The van der Waals surface area contributed by atoms with E-state index in [0.717, 1.165) is 22.3 Å². The van der Waals surface area contributed by atoms with Crippen LogP contribution in [0.4, 0.5) is 0 Å². The Bertz CT molecular complexity index is 492. The molecule has 0 fully saturated rings. The summed E-state index contributed by atoms with van der Waals surface area (Å²) >= 11 is 0.